The van der Waals surface area contributed by atoms with Crippen molar-refractivity contribution in [2.24, 2.45) is 0 Å². The lowest BCUT2D eigenvalue weighted by Gasteiger charge is -2.33. The number of hydrogen-bond acceptors (Lipinski definition) is 3. The van der Waals surface area contributed by atoms with Crippen molar-refractivity contribution in [3.05, 3.63) is 23.7 Å². The van der Waals surface area contributed by atoms with E-state index in [2.05, 4.69) is 28.3 Å². The molecule has 0 aromatic carbocycles. The molecule has 2 unspecified atom stereocenters. The summed E-state index contributed by atoms with van der Waals surface area (Å²) < 4.78 is 2.29. The van der Waals surface area contributed by atoms with Gasteiger partial charge in [-0.05, 0) is 51.4 Å². The van der Waals surface area contributed by atoms with E-state index in [-0.39, 0.29) is 5.38 Å². The summed E-state index contributed by atoms with van der Waals surface area (Å²) in [6.07, 6.45) is 4.27. The van der Waals surface area contributed by atoms with Gasteiger partial charge in [0.05, 0.1) is 5.38 Å². The van der Waals surface area contributed by atoms with Crippen LogP contribution >= 0.6 is 11.6 Å². The fourth-order valence-electron chi connectivity index (χ4n) is 3.30. The largest absolute Gasteiger partial charge is 0.307 e. The van der Waals surface area contributed by atoms with Gasteiger partial charge in [-0.1, -0.05) is 6.92 Å². The minimum absolute atomic E-state index is 0.101. The number of piperidine rings is 1. The number of pyridine rings is 1. The van der Waals surface area contributed by atoms with E-state index in [4.69, 9.17) is 16.6 Å². The molecule has 3 heterocycles. The maximum atomic E-state index is 6.40. The van der Waals surface area contributed by atoms with Crippen molar-refractivity contribution in [2.75, 3.05) is 19.6 Å². The van der Waals surface area contributed by atoms with Crippen molar-refractivity contribution in [3.8, 4) is 0 Å². The number of fused-ring (bicyclic) bond motifs is 1. The van der Waals surface area contributed by atoms with Gasteiger partial charge in [0, 0.05) is 18.8 Å². The molecule has 1 saturated heterocycles. The van der Waals surface area contributed by atoms with Gasteiger partial charge in [-0.15, -0.1) is 11.6 Å². The molecular weight excluding hydrogens is 284 g/mol. The van der Waals surface area contributed by atoms with Crippen molar-refractivity contribution < 1.29 is 0 Å². The van der Waals surface area contributed by atoms with Gasteiger partial charge in [0.25, 0.3) is 0 Å². The molecule has 0 aliphatic carbocycles. The number of likely N-dealkylation sites (tertiary alicyclic amines) is 1. The summed E-state index contributed by atoms with van der Waals surface area (Å²) in [5.74, 6) is 0.955. The van der Waals surface area contributed by atoms with Gasteiger partial charge >= 0.3 is 0 Å². The zero-order chi connectivity index (χ0) is 15.0. The van der Waals surface area contributed by atoms with Crippen molar-refractivity contribution >= 4 is 22.8 Å². The fraction of sp³-hybridized carbons (Fsp3) is 0.625. The van der Waals surface area contributed by atoms with Gasteiger partial charge in [0.15, 0.2) is 5.65 Å². The first-order chi connectivity index (χ1) is 10.1. The molecule has 0 N–H and O–H groups in total. The van der Waals surface area contributed by atoms with E-state index in [1.807, 2.05) is 19.2 Å². The zero-order valence-electron chi connectivity index (χ0n) is 13.0. The molecule has 5 heteroatoms. The summed E-state index contributed by atoms with van der Waals surface area (Å²) in [5.41, 5.74) is 3.15. The molecule has 2 aromatic heterocycles. The quantitative estimate of drug-likeness (QED) is 0.811. The van der Waals surface area contributed by atoms with Crippen LogP contribution in [-0.2, 0) is 0 Å². The van der Waals surface area contributed by atoms with E-state index in [0.29, 0.717) is 6.04 Å². The molecule has 0 radical (unpaired) electrons. The first-order valence-electron chi connectivity index (χ1n) is 7.81. The number of likely N-dealkylation sites (N-methyl/N-ethyl adjacent to an activating group) is 1. The number of alkyl halides is 1. The van der Waals surface area contributed by atoms with Crippen molar-refractivity contribution in [1.82, 2.24) is 19.4 Å². The van der Waals surface area contributed by atoms with Gasteiger partial charge in [-0.25, -0.2) is 9.97 Å². The van der Waals surface area contributed by atoms with Crippen molar-refractivity contribution in [2.45, 2.75) is 45.0 Å². The monoisotopic (exact) mass is 306 g/mol. The Morgan fingerprint density at radius 1 is 1.48 bits per heavy atom. The highest BCUT2D eigenvalue weighted by Gasteiger charge is 2.26. The van der Waals surface area contributed by atoms with Gasteiger partial charge in [-0.3, -0.25) is 0 Å². The Kier molecular flexibility index (Phi) is 4.18. The Balaban J connectivity index is 2.11. The minimum Gasteiger partial charge on any atom is -0.307 e. The predicted molar refractivity (Wildman–Crippen MR) is 86.9 cm³/mol. The summed E-state index contributed by atoms with van der Waals surface area (Å²) in [6.45, 7) is 9.66. The number of hydrogen-bond donors (Lipinski definition) is 0. The second-order valence-corrected chi connectivity index (χ2v) is 6.60. The molecule has 0 amide bonds. The summed E-state index contributed by atoms with van der Waals surface area (Å²) in [5, 5.41) is -0.101. The summed E-state index contributed by atoms with van der Waals surface area (Å²) >= 11 is 6.40. The molecule has 1 aliphatic rings. The highest BCUT2D eigenvalue weighted by Crippen LogP contribution is 2.32. The maximum Gasteiger partial charge on any atom is 0.160 e. The van der Waals surface area contributed by atoms with Gasteiger partial charge in [0.2, 0.25) is 0 Å². The van der Waals surface area contributed by atoms with E-state index in [1.54, 1.807) is 0 Å². The minimum atomic E-state index is -0.101. The lowest BCUT2D eigenvalue weighted by Crippen LogP contribution is -2.36. The van der Waals surface area contributed by atoms with Crippen molar-refractivity contribution in [1.29, 1.82) is 0 Å². The van der Waals surface area contributed by atoms with Crippen LogP contribution in [0.2, 0.25) is 0 Å². The lowest BCUT2D eigenvalue weighted by molar-refractivity contribution is 0.185. The van der Waals surface area contributed by atoms with Gasteiger partial charge in [0.1, 0.15) is 11.3 Å². The van der Waals surface area contributed by atoms with Crippen molar-refractivity contribution in [3.63, 3.8) is 0 Å². The molecule has 114 valence electrons. The second-order valence-electron chi connectivity index (χ2n) is 5.95. The number of aryl methyl sites for hydroxylation is 1. The fourth-order valence-corrected chi connectivity index (χ4v) is 3.45. The van der Waals surface area contributed by atoms with Crippen LogP contribution in [0.15, 0.2) is 12.3 Å². The van der Waals surface area contributed by atoms with E-state index in [0.717, 1.165) is 30.1 Å². The van der Waals surface area contributed by atoms with Crippen LogP contribution in [0.5, 0.6) is 0 Å². The molecule has 2 aromatic rings. The van der Waals surface area contributed by atoms with Crippen LogP contribution in [0.4, 0.5) is 0 Å². The smallest absolute Gasteiger partial charge is 0.160 e. The number of rotatable bonds is 3. The van der Waals surface area contributed by atoms with E-state index in [9.17, 15) is 0 Å². The second kappa shape index (κ2) is 5.93. The van der Waals surface area contributed by atoms with E-state index in [1.165, 1.54) is 24.9 Å². The lowest BCUT2D eigenvalue weighted by atomic mass is 10.1. The zero-order valence-corrected chi connectivity index (χ0v) is 13.8. The molecular formula is C16H23ClN4. The molecule has 3 rings (SSSR count). The normalized spacial score (nSPS) is 21.8. The Hall–Kier alpha value is -1.13. The van der Waals surface area contributed by atoms with Gasteiger partial charge in [-0.2, -0.15) is 0 Å². The van der Waals surface area contributed by atoms with Crippen LogP contribution in [-0.4, -0.2) is 39.1 Å². The predicted octanol–water partition coefficient (Wildman–Crippen LogP) is 3.70. The van der Waals surface area contributed by atoms with Crippen LogP contribution in [0.25, 0.3) is 11.2 Å². The number of imidazole rings is 1. The van der Waals surface area contributed by atoms with E-state index >= 15 is 0 Å². The molecule has 1 aliphatic heterocycles. The third-order valence-electron chi connectivity index (χ3n) is 4.46. The van der Waals surface area contributed by atoms with Crippen LogP contribution in [0.3, 0.4) is 0 Å². The first kappa shape index (κ1) is 14.8. The number of nitrogens with zero attached hydrogens (tertiary/aromatic N) is 4. The molecule has 4 nitrogen and oxygen atoms in total. The third kappa shape index (κ3) is 2.67. The standard InChI is InChI=1S/C16H23ClN4/c1-4-20-9-5-6-13(10-20)21-15(12(3)17)19-14-11(2)7-8-18-16(14)21/h7-8,12-13H,4-6,9-10H2,1-3H3. The Bertz CT molecular complexity index is 634. The number of halogens is 1. The Labute approximate surface area is 131 Å². The summed E-state index contributed by atoms with van der Waals surface area (Å²) in [7, 11) is 0. The summed E-state index contributed by atoms with van der Waals surface area (Å²) in [4.78, 5) is 11.9. The van der Waals surface area contributed by atoms with Gasteiger partial charge < -0.3 is 9.47 Å². The highest BCUT2D eigenvalue weighted by atomic mass is 35.5. The maximum absolute atomic E-state index is 6.40. The molecule has 0 saturated carbocycles. The average Bonchev–Trinajstić information content (AvgIpc) is 2.88. The first-order valence-corrected chi connectivity index (χ1v) is 8.25. The third-order valence-corrected chi connectivity index (χ3v) is 4.65. The molecule has 1 fully saturated rings. The van der Waals surface area contributed by atoms with Crippen LogP contribution in [0.1, 0.15) is 49.5 Å². The molecule has 0 bridgehead atoms. The topological polar surface area (TPSA) is 34.0 Å². The molecule has 2 atom stereocenters. The van der Waals surface area contributed by atoms with Crippen LogP contribution in [0, 0.1) is 6.92 Å². The van der Waals surface area contributed by atoms with Crippen LogP contribution < -0.4 is 0 Å². The molecule has 0 spiro atoms. The Morgan fingerprint density at radius 2 is 2.29 bits per heavy atom. The van der Waals surface area contributed by atoms with E-state index < -0.39 is 0 Å². The summed E-state index contributed by atoms with van der Waals surface area (Å²) in [6, 6.07) is 2.44. The highest BCUT2D eigenvalue weighted by molar-refractivity contribution is 6.20. The molecule has 21 heavy (non-hydrogen) atoms. The number of aromatic nitrogens is 3. The Morgan fingerprint density at radius 3 is 3.00 bits per heavy atom. The average molecular weight is 307 g/mol. The SMILES string of the molecule is CCN1CCCC(n2c(C(C)Cl)nc3c(C)ccnc32)C1.